The third-order valence-electron chi connectivity index (χ3n) is 3.28. The van der Waals surface area contributed by atoms with Gasteiger partial charge in [0.25, 0.3) is 0 Å². The third-order valence-corrected chi connectivity index (χ3v) is 3.28. The molecule has 1 amide bonds. The highest BCUT2D eigenvalue weighted by Crippen LogP contribution is 2.32. The molecule has 0 radical (unpaired) electrons. The van der Waals surface area contributed by atoms with Crippen LogP contribution in [0.1, 0.15) is 6.42 Å². The van der Waals surface area contributed by atoms with E-state index >= 15 is 0 Å². The quantitative estimate of drug-likeness (QED) is 0.254. The van der Waals surface area contributed by atoms with E-state index in [1.165, 1.54) is 0 Å². The second-order valence-corrected chi connectivity index (χ2v) is 5.11. The molecule has 0 aliphatic carbocycles. The second-order valence-electron chi connectivity index (χ2n) is 5.11. The maximum Gasteiger partial charge on any atom is 0.239 e. The molecule has 0 saturated heterocycles. The molecule has 1 heterocycles. The molecule has 8 nitrogen and oxygen atoms in total. The predicted molar refractivity (Wildman–Crippen MR) is 107 cm³/mol. The van der Waals surface area contributed by atoms with Crippen molar-refractivity contribution in [1.29, 1.82) is 0 Å². The molecule has 25 heavy (non-hydrogen) atoms. The number of methoxy groups -OCH3 is 1. The zero-order valence-electron chi connectivity index (χ0n) is 14.5. The van der Waals surface area contributed by atoms with E-state index in [0.29, 0.717) is 38.1 Å². The summed E-state index contributed by atoms with van der Waals surface area (Å²) in [6, 6.07) is 5.58. The van der Waals surface area contributed by atoms with E-state index < -0.39 is 0 Å². The fraction of sp³-hybridized carbons (Fsp3) is 0.500. The molecular weight excluding hydrogens is 439 g/mol. The minimum Gasteiger partial charge on any atom is -0.490 e. The molecule has 1 aliphatic rings. The summed E-state index contributed by atoms with van der Waals surface area (Å²) in [7, 11) is 3.23. The molecular formula is C16H25IN4O4. The number of aliphatic imine (C=N–C) groups is 1. The Kier molecular flexibility index (Phi) is 10.0. The lowest BCUT2D eigenvalue weighted by Gasteiger charge is -2.14. The molecule has 0 fully saturated rings. The molecule has 0 bridgehead atoms. The smallest absolute Gasteiger partial charge is 0.239 e. The number of amides is 1. The van der Waals surface area contributed by atoms with Gasteiger partial charge in [0, 0.05) is 38.9 Å². The average Bonchev–Trinajstić information content (AvgIpc) is 2.83. The number of guanidine groups is 1. The van der Waals surface area contributed by atoms with Gasteiger partial charge in [-0.25, -0.2) is 0 Å². The Hall–Kier alpha value is -1.75. The summed E-state index contributed by atoms with van der Waals surface area (Å²) in [5, 5.41) is 8.80. The lowest BCUT2D eigenvalue weighted by atomic mass is 10.3. The largest absolute Gasteiger partial charge is 0.490 e. The number of hydrogen-bond donors (Lipinski definition) is 3. The van der Waals surface area contributed by atoms with Crippen LogP contribution in [0, 0.1) is 0 Å². The van der Waals surface area contributed by atoms with Gasteiger partial charge in [0.05, 0.1) is 26.4 Å². The van der Waals surface area contributed by atoms with Crippen molar-refractivity contribution in [3.05, 3.63) is 18.2 Å². The van der Waals surface area contributed by atoms with Crippen LogP contribution in [-0.4, -0.2) is 58.9 Å². The number of halogens is 1. The van der Waals surface area contributed by atoms with Gasteiger partial charge in [-0.1, -0.05) is 0 Å². The third kappa shape index (κ3) is 7.34. The number of carbonyl (C=O) groups is 1. The number of nitrogens with zero attached hydrogens (tertiary/aromatic N) is 1. The maximum atomic E-state index is 11.7. The van der Waals surface area contributed by atoms with Crippen molar-refractivity contribution in [2.24, 2.45) is 4.99 Å². The van der Waals surface area contributed by atoms with Gasteiger partial charge < -0.3 is 30.2 Å². The standard InChI is InChI=1S/C16H24N4O4.HI/c1-17-16(19-11-15(21)18-6-9-22-2)20-12-4-5-13-14(10-12)24-8-3-7-23-13;/h4-5,10H,3,6-9,11H2,1-2H3,(H,18,21)(H2,17,19,20);1H. The Morgan fingerprint density at radius 1 is 1.24 bits per heavy atom. The van der Waals surface area contributed by atoms with Crippen LogP contribution in [0.4, 0.5) is 5.69 Å². The Bertz CT molecular complexity index is 583. The first kappa shape index (κ1) is 21.3. The van der Waals surface area contributed by atoms with Gasteiger partial charge in [0.2, 0.25) is 5.91 Å². The van der Waals surface area contributed by atoms with Crippen molar-refractivity contribution in [2.45, 2.75) is 6.42 Å². The lowest BCUT2D eigenvalue weighted by Crippen LogP contribution is -2.40. The lowest BCUT2D eigenvalue weighted by molar-refractivity contribution is -0.120. The van der Waals surface area contributed by atoms with Crippen molar-refractivity contribution in [3.8, 4) is 11.5 Å². The number of carbonyl (C=O) groups excluding carboxylic acids is 1. The van der Waals surface area contributed by atoms with Gasteiger partial charge in [0.1, 0.15) is 0 Å². The van der Waals surface area contributed by atoms with Gasteiger partial charge in [-0.15, -0.1) is 24.0 Å². The highest BCUT2D eigenvalue weighted by Gasteiger charge is 2.11. The zero-order chi connectivity index (χ0) is 17.2. The topological polar surface area (TPSA) is 93.2 Å². The maximum absolute atomic E-state index is 11.7. The summed E-state index contributed by atoms with van der Waals surface area (Å²) in [6.07, 6.45) is 0.860. The number of nitrogens with one attached hydrogen (secondary N) is 3. The summed E-state index contributed by atoms with van der Waals surface area (Å²) >= 11 is 0. The highest BCUT2D eigenvalue weighted by atomic mass is 127. The minimum absolute atomic E-state index is 0. The summed E-state index contributed by atoms with van der Waals surface area (Å²) < 4.78 is 16.1. The van der Waals surface area contributed by atoms with Gasteiger partial charge in [-0.2, -0.15) is 0 Å². The fourth-order valence-electron chi connectivity index (χ4n) is 2.08. The Morgan fingerprint density at radius 2 is 2.00 bits per heavy atom. The predicted octanol–water partition coefficient (Wildman–Crippen LogP) is 1.22. The molecule has 0 atom stereocenters. The van der Waals surface area contributed by atoms with E-state index in [-0.39, 0.29) is 36.4 Å². The number of rotatable bonds is 6. The molecule has 3 N–H and O–H groups in total. The van der Waals surface area contributed by atoms with Crippen LogP contribution < -0.4 is 25.4 Å². The monoisotopic (exact) mass is 464 g/mol. The summed E-state index contributed by atoms with van der Waals surface area (Å²) in [4.78, 5) is 15.8. The number of benzene rings is 1. The molecule has 0 unspecified atom stereocenters. The average molecular weight is 464 g/mol. The van der Waals surface area contributed by atoms with E-state index in [2.05, 4.69) is 20.9 Å². The van der Waals surface area contributed by atoms with E-state index in [9.17, 15) is 4.79 Å². The van der Waals surface area contributed by atoms with Crippen LogP contribution in [-0.2, 0) is 9.53 Å². The van der Waals surface area contributed by atoms with Gasteiger partial charge in [-0.3, -0.25) is 9.79 Å². The van der Waals surface area contributed by atoms with Crippen molar-refractivity contribution in [3.63, 3.8) is 0 Å². The molecule has 140 valence electrons. The summed E-state index contributed by atoms with van der Waals surface area (Å²) in [5.41, 5.74) is 0.798. The first-order valence-electron chi connectivity index (χ1n) is 7.86. The Labute approximate surface area is 164 Å². The van der Waals surface area contributed by atoms with E-state index in [4.69, 9.17) is 14.2 Å². The number of fused-ring (bicyclic) bond motifs is 1. The Morgan fingerprint density at radius 3 is 2.72 bits per heavy atom. The normalized spacial score (nSPS) is 13.3. The number of hydrogen-bond acceptors (Lipinski definition) is 5. The first-order chi connectivity index (χ1) is 11.7. The minimum atomic E-state index is -0.131. The van der Waals surface area contributed by atoms with Crippen LogP contribution >= 0.6 is 24.0 Å². The Balaban J connectivity index is 0.00000312. The van der Waals surface area contributed by atoms with E-state index in [0.717, 1.165) is 17.9 Å². The molecule has 0 saturated carbocycles. The molecule has 1 aromatic carbocycles. The molecule has 0 spiro atoms. The fourth-order valence-corrected chi connectivity index (χ4v) is 2.08. The van der Waals surface area contributed by atoms with Gasteiger partial charge >= 0.3 is 0 Å². The van der Waals surface area contributed by atoms with E-state index in [1.807, 2.05) is 18.2 Å². The summed E-state index contributed by atoms with van der Waals surface area (Å²) in [5.74, 6) is 1.80. The second kappa shape index (κ2) is 11.7. The molecule has 1 aliphatic heterocycles. The zero-order valence-corrected chi connectivity index (χ0v) is 16.8. The van der Waals surface area contributed by atoms with Crippen LogP contribution in [0.15, 0.2) is 23.2 Å². The van der Waals surface area contributed by atoms with Gasteiger partial charge in [0.15, 0.2) is 17.5 Å². The molecule has 1 aromatic rings. The first-order valence-corrected chi connectivity index (χ1v) is 7.86. The number of ether oxygens (including phenoxy) is 3. The molecule has 0 aromatic heterocycles. The van der Waals surface area contributed by atoms with E-state index in [1.54, 1.807) is 14.2 Å². The van der Waals surface area contributed by atoms with Gasteiger partial charge in [-0.05, 0) is 12.1 Å². The molecule has 9 heteroatoms. The molecule has 2 rings (SSSR count). The SMILES string of the molecule is CN=C(NCC(=O)NCCOC)Nc1ccc2c(c1)OCCCO2.I. The van der Waals surface area contributed by atoms with Crippen LogP contribution in [0.2, 0.25) is 0 Å². The van der Waals surface area contributed by atoms with Crippen molar-refractivity contribution < 1.29 is 19.0 Å². The highest BCUT2D eigenvalue weighted by molar-refractivity contribution is 14.0. The van der Waals surface area contributed by atoms with Crippen molar-refractivity contribution >= 4 is 41.5 Å². The van der Waals surface area contributed by atoms with Crippen molar-refractivity contribution in [2.75, 3.05) is 52.4 Å². The van der Waals surface area contributed by atoms with Crippen LogP contribution in [0.25, 0.3) is 0 Å². The van der Waals surface area contributed by atoms with Crippen LogP contribution in [0.5, 0.6) is 11.5 Å². The number of anilines is 1. The summed E-state index contributed by atoms with van der Waals surface area (Å²) in [6.45, 7) is 2.36. The van der Waals surface area contributed by atoms with Crippen LogP contribution in [0.3, 0.4) is 0 Å². The van der Waals surface area contributed by atoms with Crippen molar-refractivity contribution in [1.82, 2.24) is 10.6 Å².